The maximum absolute atomic E-state index is 11.9. The van der Waals surface area contributed by atoms with E-state index < -0.39 is 25.8 Å². The quantitative estimate of drug-likeness (QED) is 0.364. The molecule has 6 heteroatoms. The summed E-state index contributed by atoms with van der Waals surface area (Å²) < 4.78 is 11.5. The Kier molecular flexibility index (Phi) is 3.64. The van der Waals surface area contributed by atoms with Crippen LogP contribution in [0.5, 0.6) is 0 Å². The summed E-state index contributed by atoms with van der Waals surface area (Å²) in [6.07, 6.45) is 1.55. The largest absolute Gasteiger partial charge is 0.419 e. The first-order chi connectivity index (χ1) is 9.08. The van der Waals surface area contributed by atoms with Gasteiger partial charge in [-0.15, -0.1) is 11.3 Å². The van der Waals surface area contributed by atoms with Gasteiger partial charge >= 0.3 is 11.9 Å². The normalized spacial score (nSPS) is 18.6. The number of carbonyl (C=O) groups excluding carboxylic acids is 2. The first-order valence-electron chi connectivity index (χ1n) is 6.37. The van der Waals surface area contributed by atoms with Gasteiger partial charge in [0.15, 0.2) is 0 Å². The lowest BCUT2D eigenvalue weighted by molar-refractivity contribution is -0.222. The molecular formula is C14H18O4SSi. The van der Waals surface area contributed by atoms with E-state index in [0.717, 1.165) is 4.88 Å². The van der Waals surface area contributed by atoms with Crippen LogP contribution in [-0.2, 0) is 19.1 Å². The van der Waals surface area contributed by atoms with Crippen LogP contribution in [0.25, 0.3) is 6.08 Å². The average molecular weight is 310 g/mol. The standard InChI is InChI=1S/C14H18O4SSi/c1-14(2)17-12(15)10(13(16)18-14)8-9-6-7-11(19-9)20(3,4)5/h6-8H,1-5H3. The van der Waals surface area contributed by atoms with Gasteiger partial charge in [0.25, 0.3) is 5.79 Å². The second kappa shape index (κ2) is 4.86. The fraction of sp³-hybridized carbons (Fsp3) is 0.429. The van der Waals surface area contributed by atoms with Crippen LogP contribution in [0.3, 0.4) is 0 Å². The van der Waals surface area contributed by atoms with Crippen molar-refractivity contribution in [2.24, 2.45) is 0 Å². The lowest BCUT2D eigenvalue weighted by atomic mass is 10.2. The van der Waals surface area contributed by atoms with Crippen molar-refractivity contribution in [3.05, 3.63) is 22.6 Å². The van der Waals surface area contributed by atoms with Gasteiger partial charge in [0.05, 0.1) is 8.07 Å². The van der Waals surface area contributed by atoms with Crippen LogP contribution in [-0.4, -0.2) is 25.8 Å². The second-order valence-electron chi connectivity index (χ2n) is 6.19. The third kappa shape index (κ3) is 3.19. The van der Waals surface area contributed by atoms with E-state index >= 15 is 0 Å². The average Bonchev–Trinajstić information content (AvgIpc) is 2.70. The Morgan fingerprint density at radius 3 is 2.10 bits per heavy atom. The van der Waals surface area contributed by atoms with Crippen LogP contribution >= 0.6 is 11.3 Å². The molecule has 1 aliphatic heterocycles. The van der Waals surface area contributed by atoms with E-state index in [-0.39, 0.29) is 5.57 Å². The lowest BCUT2D eigenvalue weighted by Gasteiger charge is -2.29. The summed E-state index contributed by atoms with van der Waals surface area (Å²) in [5, 5.41) is 0. The summed E-state index contributed by atoms with van der Waals surface area (Å²) in [6.45, 7) is 9.83. The molecule has 2 heterocycles. The van der Waals surface area contributed by atoms with Crippen LogP contribution < -0.4 is 4.50 Å². The van der Waals surface area contributed by atoms with E-state index in [4.69, 9.17) is 9.47 Å². The third-order valence-corrected chi connectivity index (χ3v) is 7.40. The van der Waals surface area contributed by atoms with E-state index in [9.17, 15) is 9.59 Å². The molecule has 0 amide bonds. The monoisotopic (exact) mass is 310 g/mol. The molecule has 2 rings (SSSR count). The smallest absolute Gasteiger partial charge is 0.348 e. The zero-order valence-electron chi connectivity index (χ0n) is 12.3. The van der Waals surface area contributed by atoms with Gasteiger partial charge in [0, 0.05) is 18.7 Å². The van der Waals surface area contributed by atoms with Gasteiger partial charge in [-0.3, -0.25) is 0 Å². The molecule has 0 N–H and O–H groups in total. The Bertz CT molecular complexity index is 571. The van der Waals surface area contributed by atoms with Crippen LogP contribution in [0.2, 0.25) is 19.6 Å². The molecule has 0 aromatic carbocycles. The van der Waals surface area contributed by atoms with Crippen LogP contribution in [0.15, 0.2) is 17.7 Å². The fourth-order valence-corrected chi connectivity index (χ4v) is 4.62. The van der Waals surface area contributed by atoms with Gasteiger partial charge in [0.2, 0.25) is 0 Å². The van der Waals surface area contributed by atoms with Gasteiger partial charge in [-0.1, -0.05) is 25.7 Å². The summed E-state index contributed by atoms with van der Waals surface area (Å²) in [5.74, 6) is -2.45. The molecule has 1 fully saturated rings. The number of thiophene rings is 1. The Labute approximate surface area is 123 Å². The Morgan fingerprint density at radius 2 is 1.65 bits per heavy atom. The van der Waals surface area contributed by atoms with Crippen molar-refractivity contribution in [2.45, 2.75) is 39.3 Å². The Hall–Kier alpha value is -1.40. The summed E-state index contributed by atoms with van der Waals surface area (Å²) in [7, 11) is -1.38. The predicted molar refractivity (Wildman–Crippen MR) is 81.5 cm³/mol. The molecule has 1 aromatic rings. The van der Waals surface area contributed by atoms with Crippen molar-refractivity contribution >= 4 is 41.9 Å². The molecule has 1 saturated heterocycles. The van der Waals surface area contributed by atoms with E-state index in [1.54, 1.807) is 17.4 Å². The SMILES string of the molecule is CC1(C)OC(=O)C(=Cc2ccc([Si](C)(C)C)s2)C(=O)O1. The number of hydrogen-bond donors (Lipinski definition) is 0. The second-order valence-corrected chi connectivity index (χ2v) is 12.7. The predicted octanol–water partition coefficient (Wildman–Crippen LogP) is 2.51. The van der Waals surface area contributed by atoms with E-state index in [1.807, 2.05) is 6.07 Å². The molecule has 0 unspecified atom stereocenters. The highest BCUT2D eigenvalue weighted by Gasteiger charge is 2.38. The number of hydrogen-bond acceptors (Lipinski definition) is 5. The molecule has 4 nitrogen and oxygen atoms in total. The first kappa shape index (κ1) is 15.0. The van der Waals surface area contributed by atoms with Gasteiger partial charge in [-0.25, -0.2) is 9.59 Å². The number of rotatable bonds is 2. The molecule has 0 bridgehead atoms. The Morgan fingerprint density at radius 1 is 1.10 bits per heavy atom. The van der Waals surface area contributed by atoms with Crippen molar-refractivity contribution in [3.63, 3.8) is 0 Å². The molecule has 0 aliphatic carbocycles. The number of ether oxygens (including phenoxy) is 2. The number of esters is 2. The summed E-state index contributed by atoms with van der Waals surface area (Å²) in [5.41, 5.74) is -0.0479. The first-order valence-corrected chi connectivity index (χ1v) is 10.7. The maximum Gasteiger partial charge on any atom is 0.348 e. The minimum absolute atomic E-state index is 0.0479. The minimum atomic E-state index is -1.38. The van der Waals surface area contributed by atoms with Crippen molar-refractivity contribution in [2.75, 3.05) is 0 Å². The van der Waals surface area contributed by atoms with Gasteiger partial charge < -0.3 is 9.47 Å². The van der Waals surface area contributed by atoms with Gasteiger partial charge in [0.1, 0.15) is 5.57 Å². The molecule has 0 radical (unpaired) electrons. The highest BCUT2D eigenvalue weighted by atomic mass is 32.1. The maximum atomic E-state index is 11.9. The molecule has 20 heavy (non-hydrogen) atoms. The van der Waals surface area contributed by atoms with E-state index in [1.165, 1.54) is 18.3 Å². The number of cyclic esters (lactones) is 2. The summed E-state index contributed by atoms with van der Waals surface area (Å²) in [4.78, 5) is 24.6. The zero-order chi connectivity index (χ0) is 15.1. The van der Waals surface area contributed by atoms with Crippen LogP contribution in [0, 0.1) is 0 Å². The van der Waals surface area contributed by atoms with Crippen molar-refractivity contribution in [3.8, 4) is 0 Å². The molecule has 108 valence electrons. The Balaban J connectivity index is 2.29. The molecular weight excluding hydrogens is 292 g/mol. The number of carbonyl (C=O) groups is 2. The minimum Gasteiger partial charge on any atom is -0.419 e. The zero-order valence-corrected chi connectivity index (χ0v) is 14.1. The summed E-state index contributed by atoms with van der Waals surface area (Å²) >= 11 is 1.61. The van der Waals surface area contributed by atoms with E-state index in [2.05, 4.69) is 25.7 Å². The van der Waals surface area contributed by atoms with Gasteiger partial charge in [-0.2, -0.15) is 0 Å². The fourth-order valence-electron chi connectivity index (χ4n) is 1.75. The third-order valence-electron chi connectivity index (χ3n) is 2.77. The molecule has 1 aromatic heterocycles. The topological polar surface area (TPSA) is 52.6 Å². The van der Waals surface area contributed by atoms with Gasteiger partial charge in [-0.05, 0) is 16.6 Å². The molecule has 0 spiro atoms. The van der Waals surface area contributed by atoms with E-state index in [0.29, 0.717) is 0 Å². The highest BCUT2D eigenvalue weighted by Crippen LogP contribution is 2.25. The van der Waals surface area contributed by atoms with Crippen LogP contribution in [0.4, 0.5) is 0 Å². The van der Waals surface area contributed by atoms with Crippen molar-refractivity contribution < 1.29 is 19.1 Å². The summed E-state index contributed by atoms with van der Waals surface area (Å²) in [6, 6.07) is 3.98. The van der Waals surface area contributed by atoms with Crippen molar-refractivity contribution in [1.82, 2.24) is 0 Å². The lowest BCUT2D eigenvalue weighted by Crippen LogP contribution is -2.41. The molecule has 0 saturated carbocycles. The van der Waals surface area contributed by atoms with Crippen LogP contribution in [0.1, 0.15) is 18.7 Å². The van der Waals surface area contributed by atoms with Crippen molar-refractivity contribution in [1.29, 1.82) is 0 Å². The molecule has 0 atom stereocenters. The molecule has 1 aliphatic rings. The highest BCUT2D eigenvalue weighted by molar-refractivity contribution is 7.27.